The van der Waals surface area contributed by atoms with Gasteiger partial charge in [-0.1, -0.05) is 6.92 Å². The number of halogens is 1. The van der Waals surface area contributed by atoms with E-state index in [0.29, 0.717) is 0 Å². The third kappa shape index (κ3) is 2.69. The monoisotopic (exact) mass is 257 g/mol. The van der Waals surface area contributed by atoms with Crippen LogP contribution in [0.5, 0.6) is 0 Å². The summed E-state index contributed by atoms with van der Waals surface area (Å²) >= 11 is 2.47. The van der Waals surface area contributed by atoms with Crippen molar-refractivity contribution in [2.24, 2.45) is 5.92 Å². The van der Waals surface area contributed by atoms with E-state index in [-0.39, 0.29) is 0 Å². The molecular weight excluding hydrogens is 244 g/mol. The van der Waals surface area contributed by atoms with Crippen molar-refractivity contribution >= 4 is 28.4 Å². The molecule has 0 radical (unpaired) electrons. The normalized spacial score (nSPS) is 26.0. The number of hydrogen-bond acceptors (Lipinski definition) is 1. The highest BCUT2D eigenvalue weighted by Crippen LogP contribution is 2.31. The Kier molecular flexibility index (Phi) is 3.74. The first-order chi connectivity index (χ1) is 4.33. The lowest BCUT2D eigenvalue weighted by atomic mass is 10.0. The van der Waals surface area contributed by atoms with Crippen molar-refractivity contribution in [2.45, 2.75) is 19.8 Å². The molecule has 1 heterocycles. The average Bonchev–Trinajstić information content (AvgIpc) is 1.90. The molecule has 1 saturated heterocycles. The van der Waals surface area contributed by atoms with Crippen molar-refractivity contribution in [1.29, 1.82) is 0 Å². The molecule has 1 aliphatic rings. The molecule has 1 aliphatic heterocycles. The van der Waals surface area contributed by atoms with E-state index in [4.69, 9.17) is 0 Å². The Morgan fingerprint density at radius 1 is 1.44 bits per heavy atom. The van der Waals surface area contributed by atoms with Gasteiger partial charge in [-0.25, -0.2) is 0 Å². The Morgan fingerprint density at radius 2 is 2.00 bits per heavy atom. The van der Waals surface area contributed by atoms with Crippen molar-refractivity contribution in [2.75, 3.05) is 13.1 Å². The van der Waals surface area contributed by atoms with Crippen molar-refractivity contribution in [3.05, 3.63) is 0 Å². The quantitative estimate of drug-likeness (QED) is 0.515. The molecule has 0 bridgehead atoms. The summed E-state index contributed by atoms with van der Waals surface area (Å²) in [5.74, 6) is 0.981. The highest BCUT2D eigenvalue weighted by atomic mass is 127. The van der Waals surface area contributed by atoms with Crippen LogP contribution in [0.2, 0.25) is 0 Å². The number of nitrogens with zero attached hydrogens (tertiary/aromatic N) is 1. The maximum atomic E-state index is 2.54. The van der Waals surface area contributed by atoms with Crippen molar-refractivity contribution in [3.63, 3.8) is 0 Å². The van der Waals surface area contributed by atoms with Crippen LogP contribution in [-0.2, 0) is 0 Å². The Labute approximate surface area is 71.9 Å². The molecule has 0 saturated carbocycles. The van der Waals surface area contributed by atoms with Gasteiger partial charge in [-0.05, 0) is 40.8 Å². The lowest BCUT2D eigenvalue weighted by Crippen LogP contribution is -2.25. The molecule has 1 atom stereocenters. The maximum Gasteiger partial charge on any atom is 0.0161 e. The van der Waals surface area contributed by atoms with Gasteiger partial charge >= 0.3 is 0 Å². The molecule has 1 nitrogen and oxygen atoms in total. The molecular formula is C6H13INP. The van der Waals surface area contributed by atoms with Crippen LogP contribution in [0.15, 0.2) is 0 Å². The summed E-state index contributed by atoms with van der Waals surface area (Å²) in [4.78, 5) is 0. The van der Waals surface area contributed by atoms with E-state index in [0.717, 1.165) is 12.3 Å². The minimum atomic E-state index is 0.981. The summed E-state index contributed by atoms with van der Waals surface area (Å²) in [6.07, 6.45) is 3.83. The van der Waals surface area contributed by atoms with Gasteiger partial charge < -0.3 is 0 Å². The summed E-state index contributed by atoms with van der Waals surface area (Å²) < 4.78 is 2.54. The zero-order valence-corrected chi connectivity index (χ0v) is 8.89. The van der Waals surface area contributed by atoms with E-state index >= 15 is 0 Å². The molecule has 0 aromatic carbocycles. The second kappa shape index (κ2) is 4.09. The molecule has 0 aromatic heterocycles. The predicted molar refractivity (Wildman–Crippen MR) is 52.3 cm³/mol. The number of rotatable bonds is 1. The fraction of sp³-hybridized carbons (Fsp3) is 1.00. The lowest BCUT2D eigenvalue weighted by Gasteiger charge is -2.27. The summed E-state index contributed by atoms with van der Waals surface area (Å²) in [7, 11) is 0. The van der Waals surface area contributed by atoms with Crippen LogP contribution in [-0.4, -0.2) is 17.8 Å². The molecule has 54 valence electrons. The Hall–Kier alpha value is 1.12. The molecule has 0 spiro atoms. The minimum Gasteiger partial charge on any atom is -0.276 e. The standard InChI is InChI=1S/C6H13INP/c1-6-2-4-8(9-7)5-3-6/h6,9H,2-5H2,1H3. The third-order valence-electron chi connectivity index (χ3n) is 1.90. The van der Waals surface area contributed by atoms with Gasteiger partial charge in [0.15, 0.2) is 0 Å². The molecule has 0 aromatic rings. The van der Waals surface area contributed by atoms with Crippen LogP contribution in [0.3, 0.4) is 0 Å². The van der Waals surface area contributed by atoms with Gasteiger partial charge in [0.05, 0.1) is 0 Å². The summed E-state index contributed by atoms with van der Waals surface area (Å²) in [6, 6.07) is 0. The molecule has 3 heteroatoms. The molecule has 9 heavy (non-hydrogen) atoms. The van der Waals surface area contributed by atoms with E-state index in [9.17, 15) is 0 Å². The van der Waals surface area contributed by atoms with Gasteiger partial charge in [0, 0.05) is 19.5 Å². The van der Waals surface area contributed by atoms with Crippen molar-refractivity contribution < 1.29 is 0 Å². The third-order valence-corrected chi connectivity index (χ3v) is 4.64. The van der Waals surface area contributed by atoms with Crippen LogP contribution in [0.4, 0.5) is 0 Å². The van der Waals surface area contributed by atoms with Gasteiger partial charge in [0.1, 0.15) is 0 Å². The van der Waals surface area contributed by atoms with Crippen molar-refractivity contribution in [1.82, 2.24) is 4.67 Å². The van der Waals surface area contributed by atoms with Gasteiger partial charge in [-0.15, -0.1) is 0 Å². The predicted octanol–water partition coefficient (Wildman–Crippen LogP) is 2.66. The molecule has 0 amide bonds. The number of piperidine rings is 1. The average molecular weight is 257 g/mol. The molecule has 1 rings (SSSR count). The van der Waals surface area contributed by atoms with E-state index in [1.165, 1.54) is 25.9 Å². The van der Waals surface area contributed by atoms with E-state index in [1.807, 2.05) is 0 Å². The maximum absolute atomic E-state index is 2.54. The van der Waals surface area contributed by atoms with Gasteiger partial charge in [-0.3, -0.25) is 4.67 Å². The lowest BCUT2D eigenvalue weighted by molar-refractivity contribution is 0.307. The van der Waals surface area contributed by atoms with Gasteiger partial charge in [-0.2, -0.15) is 0 Å². The molecule has 1 unspecified atom stereocenters. The minimum absolute atomic E-state index is 0.981. The Bertz CT molecular complexity index is 81.1. The fourth-order valence-corrected chi connectivity index (χ4v) is 2.97. The van der Waals surface area contributed by atoms with E-state index in [2.05, 4.69) is 33.6 Å². The Morgan fingerprint density at radius 3 is 2.44 bits per heavy atom. The number of hydrogen-bond donors (Lipinski definition) is 0. The Balaban J connectivity index is 2.18. The van der Waals surface area contributed by atoms with E-state index < -0.39 is 0 Å². The van der Waals surface area contributed by atoms with Gasteiger partial charge in [0.2, 0.25) is 0 Å². The SMILES string of the molecule is CC1CCN(PI)CC1. The summed E-state index contributed by atoms with van der Waals surface area (Å²) in [5, 5.41) is 0. The van der Waals surface area contributed by atoms with Crippen LogP contribution in [0.25, 0.3) is 0 Å². The van der Waals surface area contributed by atoms with Crippen LogP contribution >= 0.6 is 28.4 Å². The summed E-state index contributed by atoms with van der Waals surface area (Å²) in [6.45, 7) is 5.03. The first kappa shape index (κ1) is 8.22. The topological polar surface area (TPSA) is 3.24 Å². The van der Waals surface area contributed by atoms with Gasteiger partial charge in [0.25, 0.3) is 0 Å². The first-order valence-corrected chi connectivity index (χ1v) is 7.50. The highest BCUT2D eigenvalue weighted by Gasteiger charge is 2.13. The second-order valence-corrected chi connectivity index (χ2v) is 5.00. The second-order valence-electron chi connectivity index (χ2n) is 2.75. The smallest absolute Gasteiger partial charge is 0.0161 e. The molecule has 1 fully saturated rings. The van der Waals surface area contributed by atoms with Crippen LogP contribution in [0.1, 0.15) is 19.8 Å². The van der Waals surface area contributed by atoms with Crippen LogP contribution in [0, 0.1) is 5.92 Å². The zero-order chi connectivity index (χ0) is 6.69. The summed E-state index contributed by atoms with van der Waals surface area (Å²) in [5.41, 5.74) is 0. The fourth-order valence-electron chi connectivity index (χ4n) is 1.09. The van der Waals surface area contributed by atoms with Crippen LogP contribution < -0.4 is 0 Å². The molecule has 0 aliphatic carbocycles. The highest BCUT2D eigenvalue weighted by molar-refractivity contribution is 14.2. The largest absolute Gasteiger partial charge is 0.276 e. The zero-order valence-electron chi connectivity index (χ0n) is 5.73. The first-order valence-electron chi connectivity index (χ1n) is 3.44. The molecule has 0 N–H and O–H groups in total. The van der Waals surface area contributed by atoms with Crippen molar-refractivity contribution in [3.8, 4) is 0 Å². The van der Waals surface area contributed by atoms with E-state index in [1.54, 1.807) is 0 Å².